The number of para-hydroxylation sites is 2. The molecule has 3 aromatic rings. The van der Waals surface area contributed by atoms with Gasteiger partial charge in [-0.2, -0.15) is 0 Å². The minimum absolute atomic E-state index is 0.122. The van der Waals surface area contributed by atoms with Gasteiger partial charge in [0, 0.05) is 42.1 Å². The molecule has 4 rings (SSSR count). The fourth-order valence-electron chi connectivity index (χ4n) is 3.61. The molecular formula is C23H22N4O3. The van der Waals surface area contributed by atoms with Gasteiger partial charge in [0.1, 0.15) is 5.69 Å². The third kappa shape index (κ3) is 4.41. The van der Waals surface area contributed by atoms with E-state index < -0.39 is 4.92 Å². The molecule has 0 radical (unpaired) electrons. The lowest BCUT2D eigenvalue weighted by molar-refractivity contribution is -0.383. The van der Waals surface area contributed by atoms with Crippen LogP contribution >= 0.6 is 0 Å². The molecule has 152 valence electrons. The van der Waals surface area contributed by atoms with E-state index in [9.17, 15) is 14.9 Å². The van der Waals surface area contributed by atoms with Crippen molar-refractivity contribution >= 4 is 28.7 Å². The molecular weight excluding hydrogens is 380 g/mol. The van der Waals surface area contributed by atoms with Gasteiger partial charge in [-0.25, -0.2) is 0 Å². The monoisotopic (exact) mass is 402 g/mol. The summed E-state index contributed by atoms with van der Waals surface area (Å²) in [4.78, 5) is 25.8. The number of carbonyl (C=O) groups excluding carboxylic acids is 1. The predicted molar refractivity (Wildman–Crippen MR) is 117 cm³/mol. The summed E-state index contributed by atoms with van der Waals surface area (Å²) >= 11 is 0. The average Bonchev–Trinajstić information content (AvgIpc) is 3.23. The maximum Gasteiger partial charge on any atom is 0.293 e. The number of carbonyl (C=O) groups is 1. The number of nitro groups is 1. The Labute approximate surface area is 174 Å². The van der Waals surface area contributed by atoms with Gasteiger partial charge in [0.2, 0.25) is 0 Å². The van der Waals surface area contributed by atoms with Crippen LogP contribution < -0.4 is 10.6 Å². The zero-order chi connectivity index (χ0) is 20.9. The largest absolute Gasteiger partial charge is 0.380 e. The standard InChI is InChI=1S/C23H22N4O3/c28-23(26-14-13-20(16-26)24-18-7-3-1-4-8-18)17-11-12-21(22(15-17)27(29)30)25-19-9-5-2-6-10-19/h1-12,15,20,24-25H,13-14,16H2. The molecule has 0 aromatic heterocycles. The van der Waals surface area contributed by atoms with Crippen LogP contribution in [0.25, 0.3) is 0 Å². The Balaban J connectivity index is 1.47. The van der Waals surface area contributed by atoms with Crippen molar-refractivity contribution in [3.8, 4) is 0 Å². The number of amides is 1. The highest BCUT2D eigenvalue weighted by molar-refractivity contribution is 5.96. The molecule has 0 saturated carbocycles. The van der Waals surface area contributed by atoms with E-state index in [0.717, 1.165) is 17.8 Å². The van der Waals surface area contributed by atoms with Gasteiger partial charge in [0.05, 0.1) is 4.92 Å². The molecule has 1 amide bonds. The summed E-state index contributed by atoms with van der Waals surface area (Å²) in [5.41, 5.74) is 2.31. The molecule has 7 heteroatoms. The van der Waals surface area contributed by atoms with Crippen LogP contribution in [-0.2, 0) is 0 Å². The minimum atomic E-state index is -0.466. The molecule has 1 fully saturated rings. The fraction of sp³-hybridized carbons (Fsp3) is 0.174. The summed E-state index contributed by atoms with van der Waals surface area (Å²) in [6.07, 6.45) is 0.830. The normalized spacial score (nSPS) is 15.6. The van der Waals surface area contributed by atoms with Crippen LogP contribution in [0.2, 0.25) is 0 Å². The van der Waals surface area contributed by atoms with E-state index in [1.165, 1.54) is 6.07 Å². The summed E-state index contributed by atoms with van der Waals surface area (Å²) in [7, 11) is 0. The Bertz CT molecular complexity index is 1040. The zero-order valence-electron chi connectivity index (χ0n) is 16.3. The Morgan fingerprint density at radius 3 is 2.30 bits per heavy atom. The number of anilines is 3. The molecule has 2 N–H and O–H groups in total. The van der Waals surface area contributed by atoms with Crippen molar-refractivity contribution < 1.29 is 9.72 Å². The highest BCUT2D eigenvalue weighted by Gasteiger charge is 2.28. The quantitative estimate of drug-likeness (QED) is 0.462. The first-order valence-corrected chi connectivity index (χ1v) is 9.81. The van der Waals surface area contributed by atoms with E-state index in [-0.39, 0.29) is 17.6 Å². The molecule has 30 heavy (non-hydrogen) atoms. The van der Waals surface area contributed by atoms with E-state index in [2.05, 4.69) is 10.6 Å². The van der Waals surface area contributed by atoms with Gasteiger partial charge < -0.3 is 15.5 Å². The predicted octanol–water partition coefficient (Wildman–Crippen LogP) is 4.67. The van der Waals surface area contributed by atoms with Gasteiger partial charge >= 0.3 is 0 Å². The molecule has 3 aromatic carbocycles. The second-order valence-corrected chi connectivity index (χ2v) is 7.23. The highest BCUT2D eigenvalue weighted by atomic mass is 16.6. The zero-order valence-corrected chi connectivity index (χ0v) is 16.3. The van der Waals surface area contributed by atoms with Crippen LogP contribution in [0.1, 0.15) is 16.8 Å². The highest BCUT2D eigenvalue weighted by Crippen LogP contribution is 2.29. The van der Waals surface area contributed by atoms with Gasteiger partial charge in [-0.1, -0.05) is 36.4 Å². The topological polar surface area (TPSA) is 87.5 Å². The maximum absolute atomic E-state index is 12.9. The Morgan fingerprint density at radius 1 is 0.967 bits per heavy atom. The third-order valence-corrected chi connectivity index (χ3v) is 5.11. The first kappa shape index (κ1) is 19.4. The molecule has 0 bridgehead atoms. The summed E-state index contributed by atoms with van der Waals surface area (Å²) in [5, 5.41) is 18.1. The van der Waals surface area contributed by atoms with E-state index in [4.69, 9.17) is 0 Å². The number of nitrogens with one attached hydrogen (secondary N) is 2. The first-order valence-electron chi connectivity index (χ1n) is 9.81. The smallest absolute Gasteiger partial charge is 0.293 e. The van der Waals surface area contributed by atoms with Gasteiger partial charge in [-0.05, 0) is 42.8 Å². The Kier molecular flexibility index (Phi) is 5.61. The summed E-state index contributed by atoms with van der Waals surface area (Å²) < 4.78 is 0. The molecule has 1 heterocycles. The van der Waals surface area contributed by atoms with Crippen molar-refractivity contribution in [2.75, 3.05) is 23.7 Å². The number of nitro benzene ring substituents is 1. The molecule has 1 aliphatic rings. The SMILES string of the molecule is O=C(c1ccc(Nc2ccccc2)c([N+](=O)[O-])c1)N1CCC(Nc2ccccc2)C1. The first-order chi connectivity index (χ1) is 14.6. The number of likely N-dealkylation sites (tertiary alicyclic amines) is 1. The van der Waals surface area contributed by atoms with Crippen molar-refractivity contribution in [2.45, 2.75) is 12.5 Å². The van der Waals surface area contributed by atoms with Crippen molar-refractivity contribution in [1.82, 2.24) is 4.90 Å². The summed E-state index contributed by atoms with van der Waals surface area (Å²) in [6, 6.07) is 23.8. The molecule has 1 saturated heterocycles. The van der Waals surface area contributed by atoms with Crippen LogP contribution in [0.5, 0.6) is 0 Å². The van der Waals surface area contributed by atoms with E-state index >= 15 is 0 Å². The molecule has 1 aliphatic heterocycles. The van der Waals surface area contributed by atoms with E-state index in [1.54, 1.807) is 17.0 Å². The molecule has 0 spiro atoms. The van der Waals surface area contributed by atoms with Crippen molar-refractivity contribution in [2.24, 2.45) is 0 Å². The van der Waals surface area contributed by atoms with E-state index in [0.29, 0.717) is 24.3 Å². The minimum Gasteiger partial charge on any atom is -0.380 e. The number of hydrogen-bond donors (Lipinski definition) is 2. The van der Waals surface area contributed by atoms with Gasteiger partial charge in [0.25, 0.3) is 11.6 Å². The van der Waals surface area contributed by atoms with Gasteiger partial charge in [-0.3, -0.25) is 14.9 Å². The van der Waals surface area contributed by atoms with Gasteiger partial charge in [-0.15, -0.1) is 0 Å². The van der Waals surface area contributed by atoms with Crippen LogP contribution in [0, 0.1) is 10.1 Å². The number of hydrogen-bond acceptors (Lipinski definition) is 5. The molecule has 0 aliphatic carbocycles. The second kappa shape index (κ2) is 8.65. The van der Waals surface area contributed by atoms with Crippen LogP contribution in [0.15, 0.2) is 78.9 Å². The number of nitrogens with zero attached hydrogens (tertiary/aromatic N) is 2. The lowest BCUT2D eigenvalue weighted by Crippen LogP contribution is -2.31. The van der Waals surface area contributed by atoms with E-state index in [1.807, 2.05) is 60.7 Å². The Morgan fingerprint density at radius 2 is 1.63 bits per heavy atom. The second-order valence-electron chi connectivity index (χ2n) is 7.23. The lowest BCUT2D eigenvalue weighted by atomic mass is 10.1. The van der Waals surface area contributed by atoms with Crippen molar-refractivity contribution in [3.05, 3.63) is 94.5 Å². The number of rotatable bonds is 6. The maximum atomic E-state index is 12.9. The van der Waals surface area contributed by atoms with Gasteiger partial charge in [0.15, 0.2) is 0 Å². The van der Waals surface area contributed by atoms with Crippen LogP contribution in [0.3, 0.4) is 0 Å². The summed E-state index contributed by atoms with van der Waals surface area (Å²) in [6.45, 7) is 1.17. The average molecular weight is 402 g/mol. The molecule has 1 unspecified atom stereocenters. The van der Waals surface area contributed by atoms with Crippen LogP contribution in [-0.4, -0.2) is 34.9 Å². The van der Waals surface area contributed by atoms with Crippen LogP contribution in [0.4, 0.5) is 22.7 Å². The number of benzene rings is 3. The molecule has 1 atom stereocenters. The summed E-state index contributed by atoms with van der Waals surface area (Å²) in [5.74, 6) is -0.193. The Hall–Kier alpha value is -3.87. The van der Waals surface area contributed by atoms with Crippen molar-refractivity contribution in [1.29, 1.82) is 0 Å². The lowest BCUT2D eigenvalue weighted by Gasteiger charge is -2.18. The fourth-order valence-corrected chi connectivity index (χ4v) is 3.61. The third-order valence-electron chi connectivity index (χ3n) is 5.11. The molecule has 7 nitrogen and oxygen atoms in total. The van der Waals surface area contributed by atoms with Crippen molar-refractivity contribution in [3.63, 3.8) is 0 Å².